The first-order valence-electron chi connectivity index (χ1n) is 8.01. The average Bonchev–Trinajstić information content (AvgIpc) is 2.61. The van der Waals surface area contributed by atoms with E-state index >= 15 is 0 Å². The second kappa shape index (κ2) is 9.30. The summed E-state index contributed by atoms with van der Waals surface area (Å²) >= 11 is 5.96. The summed E-state index contributed by atoms with van der Waals surface area (Å²) in [5.41, 5.74) is 2.82. The molecule has 1 amide bonds. The van der Waals surface area contributed by atoms with Gasteiger partial charge >= 0.3 is 0 Å². The van der Waals surface area contributed by atoms with Crippen molar-refractivity contribution < 1.29 is 14.3 Å². The van der Waals surface area contributed by atoms with Gasteiger partial charge in [-0.25, -0.2) is 0 Å². The molecule has 2 aromatic carbocycles. The number of aryl methyl sites for hydroxylation is 1. The molecule has 0 aliphatic rings. The third-order valence-corrected chi connectivity index (χ3v) is 4.03. The van der Waals surface area contributed by atoms with Gasteiger partial charge in [0.25, 0.3) is 0 Å². The van der Waals surface area contributed by atoms with Crippen molar-refractivity contribution in [2.45, 2.75) is 13.3 Å². The van der Waals surface area contributed by atoms with Gasteiger partial charge in [-0.05, 0) is 55.3 Å². The highest BCUT2D eigenvalue weighted by Crippen LogP contribution is 2.27. The smallest absolute Gasteiger partial charge is 0.238 e. The zero-order chi connectivity index (χ0) is 18.2. The van der Waals surface area contributed by atoms with E-state index in [1.807, 2.05) is 31.2 Å². The third kappa shape index (κ3) is 5.66. The summed E-state index contributed by atoms with van der Waals surface area (Å²) in [6, 6.07) is 11.2. The van der Waals surface area contributed by atoms with Crippen LogP contribution in [0.25, 0.3) is 0 Å². The highest BCUT2D eigenvalue weighted by Gasteiger charge is 2.07. The molecule has 6 heteroatoms. The fraction of sp³-hybridized carbons (Fsp3) is 0.316. The Morgan fingerprint density at radius 3 is 2.56 bits per heavy atom. The standard InChI is InChI=1S/C19H23ClN2O3/c1-13-4-6-15(20)11-16(13)22-19(23)12-21-9-8-14-5-7-17(24-2)18(10-14)25-3/h4-7,10-11,21H,8-9,12H2,1-3H3,(H,22,23). The first-order valence-corrected chi connectivity index (χ1v) is 8.39. The van der Waals surface area contributed by atoms with Gasteiger partial charge in [-0.2, -0.15) is 0 Å². The topological polar surface area (TPSA) is 59.6 Å². The van der Waals surface area contributed by atoms with E-state index in [-0.39, 0.29) is 12.5 Å². The van der Waals surface area contributed by atoms with E-state index in [1.54, 1.807) is 26.4 Å². The van der Waals surface area contributed by atoms with Crippen LogP contribution >= 0.6 is 11.6 Å². The van der Waals surface area contributed by atoms with E-state index in [9.17, 15) is 4.79 Å². The van der Waals surface area contributed by atoms with E-state index in [4.69, 9.17) is 21.1 Å². The van der Waals surface area contributed by atoms with Crippen LogP contribution in [0.1, 0.15) is 11.1 Å². The maximum Gasteiger partial charge on any atom is 0.238 e. The Balaban J connectivity index is 1.79. The quantitative estimate of drug-likeness (QED) is 0.706. The van der Waals surface area contributed by atoms with Crippen molar-refractivity contribution in [3.05, 3.63) is 52.5 Å². The number of methoxy groups -OCH3 is 2. The van der Waals surface area contributed by atoms with Crippen LogP contribution in [0.2, 0.25) is 5.02 Å². The Labute approximate surface area is 153 Å². The van der Waals surface area contributed by atoms with Gasteiger partial charge in [0.1, 0.15) is 0 Å². The van der Waals surface area contributed by atoms with Crippen molar-refractivity contribution in [3.63, 3.8) is 0 Å². The van der Waals surface area contributed by atoms with E-state index in [0.29, 0.717) is 23.1 Å². The highest BCUT2D eigenvalue weighted by molar-refractivity contribution is 6.31. The molecule has 2 aromatic rings. The molecule has 0 spiro atoms. The van der Waals surface area contributed by atoms with E-state index in [2.05, 4.69) is 10.6 Å². The number of carbonyl (C=O) groups excluding carboxylic acids is 1. The van der Waals surface area contributed by atoms with Crippen LogP contribution in [-0.2, 0) is 11.2 Å². The first kappa shape index (κ1) is 19.1. The Bertz CT molecular complexity index is 735. The SMILES string of the molecule is COc1ccc(CCNCC(=O)Nc2cc(Cl)ccc2C)cc1OC. The lowest BCUT2D eigenvalue weighted by Gasteiger charge is -2.11. The summed E-state index contributed by atoms with van der Waals surface area (Å²) in [5.74, 6) is 1.31. The number of carbonyl (C=O) groups is 1. The van der Waals surface area contributed by atoms with Gasteiger partial charge in [-0.3, -0.25) is 4.79 Å². The summed E-state index contributed by atoms with van der Waals surface area (Å²) in [7, 11) is 3.22. The lowest BCUT2D eigenvalue weighted by atomic mass is 10.1. The summed E-state index contributed by atoms with van der Waals surface area (Å²) in [6.07, 6.45) is 0.782. The van der Waals surface area contributed by atoms with Crippen LogP contribution in [0.15, 0.2) is 36.4 Å². The molecule has 0 saturated heterocycles. The van der Waals surface area contributed by atoms with Gasteiger partial charge in [0.15, 0.2) is 11.5 Å². The normalized spacial score (nSPS) is 10.4. The molecule has 25 heavy (non-hydrogen) atoms. The van der Waals surface area contributed by atoms with Crippen LogP contribution in [0.5, 0.6) is 11.5 Å². The molecular formula is C19H23ClN2O3. The largest absolute Gasteiger partial charge is 0.493 e. The molecule has 0 atom stereocenters. The van der Waals surface area contributed by atoms with Crippen molar-refractivity contribution in [1.29, 1.82) is 0 Å². The summed E-state index contributed by atoms with van der Waals surface area (Å²) in [4.78, 5) is 12.0. The van der Waals surface area contributed by atoms with Gasteiger partial charge in [0.2, 0.25) is 5.91 Å². The van der Waals surface area contributed by atoms with Crippen molar-refractivity contribution in [2.24, 2.45) is 0 Å². The molecule has 0 saturated carbocycles. The number of ether oxygens (including phenoxy) is 2. The summed E-state index contributed by atoms with van der Waals surface area (Å²) in [6.45, 7) is 2.84. The molecule has 5 nitrogen and oxygen atoms in total. The Hall–Kier alpha value is -2.24. The number of amides is 1. The molecule has 0 bridgehead atoms. The monoisotopic (exact) mass is 362 g/mol. The van der Waals surface area contributed by atoms with Crippen molar-refractivity contribution in [1.82, 2.24) is 5.32 Å². The molecule has 2 rings (SSSR count). The van der Waals surface area contributed by atoms with Crippen molar-refractivity contribution in [2.75, 3.05) is 32.6 Å². The van der Waals surface area contributed by atoms with Crippen LogP contribution < -0.4 is 20.1 Å². The summed E-state index contributed by atoms with van der Waals surface area (Å²) in [5, 5.41) is 6.60. The number of hydrogen-bond acceptors (Lipinski definition) is 4. The Morgan fingerprint density at radius 1 is 1.08 bits per heavy atom. The number of halogens is 1. The van der Waals surface area contributed by atoms with Crippen LogP contribution in [0, 0.1) is 6.92 Å². The lowest BCUT2D eigenvalue weighted by Crippen LogP contribution is -2.29. The van der Waals surface area contributed by atoms with Gasteiger partial charge < -0.3 is 20.1 Å². The maximum atomic E-state index is 12.0. The second-order valence-electron chi connectivity index (χ2n) is 5.62. The molecule has 0 aliphatic heterocycles. The fourth-order valence-electron chi connectivity index (χ4n) is 2.39. The number of rotatable bonds is 8. The van der Waals surface area contributed by atoms with Gasteiger partial charge in [-0.1, -0.05) is 23.7 Å². The average molecular weight is 363 g/mol. The molecular weight excluding hydrogens is 340 g/mol. The zero-order valence-electron chi connectivity index (χ0n) is 14.7. The van der Waals surface area contributed by atoms with Gasteiger partial charge in [0.05, 0.1) is 20.8 Å². The molecule has 0 heterocycles. The number of anilines is 1. The van der Waals surface area contributed by atoms with E-state index < -0.39 is 0 Å². The van der Waals surface area contributed by atoms with E-state index in [0.717, 1.165) is 23.2 Å². The molecule has 0 aliphatic carbocycles. The predicted octanol–water partition coefficient (Wildman–Crippen LogP) is 3.44. The molecule has 0 unspecified atom stereocenters. The molecule has 134 valence electrons. The van der Waals surface area contributed by atoms with Crippen LogP contribution in [-0.4, -0.2) is 33.2 Å². The number of benzene rings is 2. The third-order valence-electron chi connectivity index (χ3n) is 3.80. The molecule has 0 radical (unpaired) electrons. The second-order valence-corrected chi connectivity index (χ2v) is 6.06. The van der Waals surface area contributed by atoms with Crippen molar-refractivity contribution >= 4 is 23.2 Å². The fourth-order valence-corrected chi connectivity index (χ4v) is 2.57. The molecule has 0 aromatic heterocycles. The molecule has 2 N–H and O–H groups in total. The minimum absolute atomic E-state index is 0.0994. The molecule has 0 fully saturated rings. The van der Waals surface area contributed by atoms with Gasteiger partial charge in [-0.15, -0.1) is 0 Å². The minimum Gasteiger partial charge on any atom is -0.493 e. The summed E-state index contributed by atoms with van der Waals surface area (Å²) < 4.78 is 10.5. The Morgan fingerprint density at radius 2 is 1.84 bits per heavy atom. The first-order chi connectivity index (χ1) is 12.0. The van der Waals surface area contributed by atoms with Gasteiger partial charge in [0, 0.05) is 10.7 Å². The predicted molar refractivity (Wildman–Crippen MR) is 101 cm³/mol. The lowest BCUT2D eigenvalue weighted by molar-refractivity contribution is -0.115. The number of nitrogens with one attached hydrogen (secondary N) is 2. The maximum absolute atomic E-state index is 12.0. The van der Waals surface area contributed by atoms with Crippen molar-refractivity contribution in [3.8, 4) is 11.5 Å². The highest BCUT2D eigenvalue weighted by atomic mass is 35.5. The van der Waals surface area contributed by atoms with Crippen LogP contribution in [0.4, 0.5) is 5.69 Å². The van der Waals surface area contributed by atoms with Crippen LogP contribution in [0.3, 0.4) is 0 Å². The minimum atomic E-state index is -0.0994. The zero-order valence-corrected chi connectivity index (χ0v) is 15.4. The van der Waals surface area contributed by atoms with E-state index in [1.165, 1.54) is 0 Å². The Kier molecular flexibility index (Phi) is 7.10. The number of hydrogen-bond donors (Lipinski definition) is 2.